The first kappa shape index (κ1) is 36.7. The van der Waals surface area contributed by atoms with Gasteiger partial charge in [0.15, 0.2) is 5.82 Å². The number of anilines is 2. The van der Waals surface area contributed by atoms with Crippen LogP contribution in [0.1, 0.15) is 121 Å². The molecule has 3 fully saturated rings. The van der Waals surface area contributed by atoms with Gasteiger partial charge >= 0.3 is 24.0 Å². The van der Waals surface area contributed by atoms with E-state index in [1.54, 1.807) is 63.8 Å². The maximum absolute atomic E-state index is 13.9. The highest BCUT2D eigenvalue weighted by Crippen LogP contribution is 2.45. The summed E-state index contributed by atoms with van der Waals surface area (Å²) >= 11 is 1.72. The first-order valence-electron chi connectivity index (χ1n) is 17.9. The predicted octanol–water partition coefficient (Wildman–Crippen LogP) is 8.08. The molecule has 51 heavy (non-hydrogen) atoms. The summed E-state index contributed by atoms with van der Waals surface area (Å²) in [5.74, 6) is -0.694. The topological polar surface area (TPSA) is 140 Å². The number of nitrogens with zero attached hydrogens (tertiary/aromatic N) is 4. The molecule has 0 radical (unpaired) electrons. The van der Waals surface area contributed by atoms with Crippen molar-refractivity contribution in [3.8, 4) is 0 Å². The number of aromatic nitrogens is 2. The third-order valence-electron chi connectivity index (χ3n) is 9.19. The van der Waals surface area contributed by atoms with Crippen LogP contribution in [0.25, 0.3) is 10.2 Å². The van der Waals surface area contributed by atoms with Crippen LogP contribution in [0.15, 0.2) is 30.5 Å². The summed E-state index contributed by atoms with van der Waals surface area (Å²) in [6.45, 7) is 14.3. The molecule has 6 rings (SSSR count). The second-order valence-corrected chi connectivity index (χ2v) is 17.0. The van der Waals surface area contributed by atoms with Crippen molar-refractivity contribution in [1.29, 1.82) is 0 Å². The molecule has 4 amide bonds. The highest BCUT2D eigenvalue weighted by molar-refractivity contribution is 7.18. The molecule has 1 aliphatic carbocycles. The fraction of sp³-hybridized carbons (Fsp3) is 0.579. The van der Waals surface area contributed by atoms with Gasteiger partial charge in [0.2, 0.25) is 0 Å². The number of likely N-dealkylation sites (tertiary alicyclic amines) is 1. The summed E-state index contributed by atoms with van der Waals surface area (Å²) in [6, 6.07) is 7.61. The molecule has 2 saturated heterocycles. The van der Waals surface area contributed by atoms with Gasteiger partial charge in [0.1, 0.15) is 11.2 Å². The molecular weight excluding hydrogens is 671 g/mol. The third-order valence-corrected chi connectivity index (χ3v) is 10.4. The highest BCUT2D eigenvalue weighted by Gasteiger charge is 2.39. The van der Waals surface area contributed by atoms with E-state index in [0.29, 0.717) is 23.7 Å². The van der Waals surface area contributed by atoms with Gasteiger partial charge in [-0.1, -0.05) is 13.0 Å². The smallest absolute Gasteiger partial charge is 0.425 e. The zero-order valence-corrected chi connectivity index (χ0v) is 31.4. The molecule has 3 aliphatic rings. The Labute approximate surface area is 303 Å². The van der Waals surface area contributed by atoms with Gasteiger partial charge in [-0.15, -0.1) is 11.3 Å². The van der Waals surface area contributed by atoms with Crippen molar-refractivity contribution in [2.75, 3.05) is 30.0 Å². The molecule has 4 heterocycles. The predicted molar refractivity (Wildman–Crippen MR) is 195 cm³/mol. The molecule has 1 unspecified atom stereocenters. The molecule has 13 heteroatoms. The Morgan fingerprint density at radius 3 is 2.20 bits per heavy atom. The standard InChI is InChI=1S/C38H49N5O7S/c1-22-8-12-29(25-11-13-30-28(18-25)41-33(51-30)24-14-16-48-17-15-24)42(21-22)34(45)32(44)40-26-19-27(23-9-10-23)31(39-20-26)43(35(46)49-37(2,3)4)36(47)50-38(5,6)7/h11,13,18-20,22-24,29H,8-10,12,14-17,21H2,1-7H3,(H,40,44)/t22-,29?/m0/s1. The average molecular weight is 720 g/mol. The minimum absolute atomic E-state index is 0.00680. The number of thiazole rings is 1. The third kappa shape index (κ3) is 8.86. The van der Waals surface area contributed by atoms with Gasteiger partial charge in [0, 0.05) is 31.2 Å². The van der Waals surface area contributed by atoms with E-state index in [1.807, 2.05) is 0 Å². The molecule has 1 saturated carbocycles. The molecular formula is C38H49N5O7S. The SMILES string of the molecule is C[C@H]1CCC(c2ccc3sc(C4CCOCC4)nc3c2)N(C(=O)C(=O)Nc2cnc(N(C(=O)OC(C)(C)C)C(=O)OC(C)(C)C)c(C3CC3)c2)C1. The van der Waals surface area contributed by atoms with Crippen LogP contribution in [0.5, 0.6) is 0 Å². The van der Waals surface area contributed by atoms with Crippen LogP contribution in [-0.4, -0.2) is 69.8 Å². The summed E-state index contributed by atoms with van der Waals surface area (Å²) < 4.78 is 17.8. The van der Waals surface area contributed by atoms with Crippen LogP contribution >= 0.6 is 11.3 Å². The van der Waals surface area contributed by atoms with E-state index in [2.05, 4.69) is 35.4 Å². The number of benzene rings is 1. The fourth-order valence-electron chi connectivity index (χ4n) is 6.61. The number of hydrogen-bond acceptors (Lipinski definition) is 10. The van der Waals surface area contributed by atoms with Gasteiger partial charge in [-0.3, -0.25) is 9.59 Å². The Balaban J connectivity index is 1.23. The van der Waals surface area contributed by atoms with Crippen LogP contribution in [0, 0.1) is 5.92 Å². The van der Waals surface area contributed by atoms with E-state index < -0.39 is 35.2 Å². The number of nitrogens with one attached hydrogen (secondary N) is 1. The summed E-state index contributed by atoms with van der Waals surface area (Å²) in [4.78, 5) is 66.2. The molecule has 1 aromatic carbocycles. The maximum Gasteiger partial charge on any atom is 0.425 e. The summed E-state index contributed by atoms with van der Waals surface area (Å²) in [6.07, 6.45) is 4.74. The summed E-state index contributed by atoms with van der Waals surface area (Å²) in [5.41, 5.74) is 0.992. The van der Waals surface area contributed by atoms with Crippen LogP contribution in [0.3, 0.4) is 0 Å². The second kappa shape index (κ2) is 14.5. The minimum atomic E-state index is -0.918. The highest BCUT2D eigenvalue weighted by atomic mass is 32.1. The number of carbonyl (C=O) groups excluding carboxylic acids is 4. The number of hydrogen-bond donors (Lipinski definition) is 1. The van der Waals surface area contributed by atoms with Gasteiger partial charge < -0.3 is 24.4 Å². The normalized spacial score (nSPS) is 20.2. The molecule has 2 aromatic heterocycles. The molecule has 2 aliphatic heterocycles. The van der Waals surface area contributed by atoms with Crippen molar-refractivity contribution in [3.05, 3.63) is 46.6 Å². The lowest BCUT2D eigenvalue weighted by molar-refractivity contribution is -0.146. The number of ether oxygens (including phenoxy) is 3. The van der Waals surface area contributed by atoms with Gasteiger partial charge in [-0.05, 0) is 116 Å². The molecule has 0 bridgehead atoms. The van der Waals surface area contributed by atoms with E-state index >= 15 is 0 Å². The number of pyridine rings is 1. The Hall–Kier alpha value is -4.10. The summed E-state index contributed by atoms with van der Waals surface area (Å²) in [7, 11) is 0. The molecule has 12 nitrogen and oxygen atoms in total. The van der Waals surface area contributed by atoms with Crippen molar-refractivity contribution in [2.24, 2.45) is 5.92 Å². The molecule has 3 aromatic rings. The number of piperidine rings is 1. The van der Waals surface area contributed by atoms with Gasteiger partial charge in [0.05, 0.1) is 33.2 Å². The van der Waals surface area contributed by atoms with Gasteiger partial charge in [-0.2, -0.15) is 4.90 Å². The van der Waals surface area contributed by atoms with Crippen LogP contribution < -0.4 is 10.2 Å². The first-order valence-corrected chi connectivity index (χ1v) is 18.7. The quantitative estimate of drug-likeness (QED) is 0.259. The largest absolute Gasteiger partial charge is 0.443 e. The summed E-state index contributed by atoms with van der Waals surface area (Å²) in [5, 5.41) is 3.88. The lowest BCUT2D eigenvalue weighted by Gasteiger charge is -2.38. The lowest BCUT2D eigenvalue weighted by atomic mass is 9.89. The van der Waals surface area contributed by atoms with E-state index in [4.69, 9.17) is 19.2 Å². The molecule has 2 atom stereocenters. The fourth-order valence-corrected chi connectivity index (χ4v) is 7.73. The van der Waals surface area contributed by atoms with E-state index in [-0.39, 0.29) is 23.7 Å². The molecule has 274 valence electrons. The monoisotopic (exact) mass is 719 g/mol. The molecule has 1 N–H and O–H groups in total. The van der Waals surface area contributed by atoms with Crippen LogP contribution in [-0.2, 0) is 23.8 Å². The lowest BCUT2D eigenvalue weighted by Crippen LogP contribution is -2.46. The minimum Gasteiger partial charge on any atom is -0.443 e. The van der Waals surface area contributed by atoms with Crippen molar-refractivity contribution in [3.63, 3.8) is 0 Å². The number of carbonyl (C=O) groups is 4. The number of rotatable bonds is 5. The molecule has 0 spiro atoms. The van der Waals surface area contributed by atoms with Crippen LogP contribution in [0.4, 0.5) is 21.1 Å². The van der Waals surface area contributed by atoms with E-state index in [9.17, 15) is 19.2 Å². The maximum atomic E-state index is 13.9. The van der Waals surface area contributed by atoms with Crippen molar-refractivity contribution in [1.82, 2.24) is 14.9 Å². The van der Waals surface area contributed by atoms with E-state index in [1.165, 1.54) is 6.20 Å². The number of imide groups is 1. The number of fused-ring (bicyclic) bond motifs is 1. The van der Waals surface area contributed by atoms with Gasteiger partial charge in [-0.25, -0.2) is 19.6 Å². The van der Waals surface area contributed by atoms with Crippen LogP contribution in [0.2, 0.25) is 0 Å². The average Bonchev–Trinajstić information content (AvgIpc) is 3.81. The second-order valence-electron chi connectivity index (χ2n) is 16.0. The number of amides is 4. The Morgan fingerprint density at radius 2 is 1.57 bits per heavy atom. The van der Waals surface area contributed by atoms with Crippen molar-refractivity contribution in [2.45, 2.75) is 116 Å². The van der Waals surface area contributed by atoms with Gasteiger partial charge in [0.25, 0.3) is 0 Å². The first-order chi connectivity index (χ1) is 24.1. The Morgan fingerprint density at radius 1 is 0.902 bits per heavy atom. The zero-order chi connectivity index (χ0) is 36.7. The Kier molecular flexibility index (Phi) is 10.4. The van der Waals surface area contributed by atoms with E-state index in [0.717, 1.165) is 77.4 Å². The van der Waals surface area contributed by atoms with Crippen molar-refractivity contribution < 1.29 is 33.4 Å². The Bertz CT molecular complexity index is 1770. The van der Waals surface area contributed by atoms with Crippen molar-refractivity contribution >= 4 is 57.1 Å². The zero-order valence-electron chi connectivity index (χ0n) is 30.6.